The molecule has 0 aliphatic rings. The Morgan fingerprint density at radius 1 is 1.00 bits per heavy atom. The van der Waals surface area contributed by atoms with E-state index in [1.807, 2.05) is 43.3 Å². The minimum absolute atomic E-state index is 0.191. The summed E-state index contributed by atoms with van der Waals surface area (Å²) >= 11 is 0. The second kappa shape index (κ2) is 7.19. The van der Waals surface area contributed by atoms with Crippen LogP contribution in [0, 0.1) is 13.8 Å². The van der Waals surface area contributed by atoms with Crippen molar-refractivity contribution in [2.45, 2.75) is 27.3 Å². The quantitative estimate of drug-likeness (QED) is 0.746. The molecular weight excluding hydrogens is 258 g/mol. The van der Waals surface area contributed by atoms with Crippen molar-refractivity contribution in [2.75, 3.05) is 13.1 Å². The number of rotatable bonds is 6. The van der Waals surface area contributed by atoms with Crippen molar-refractivity contribution in [3.05, 3.63) is 70.8 Å². The highest BCUT2D eigenvalue weighted by atomic mass is 16.1. The zero-order chi connectivity index (χ0) is 15.2. The normalized spacial score (nSPS) is 10.9. The third-order valence-electron chi connectivity index (χ3n) is 3.89. The van der Waals surface area contributed by atoms with E-state index in [1.165, 1.54) is 16.7 Å². The molecule has 2 aromatic carbocycles. The van der Waals surface area contributed by atoms with Crippen LogP contribution in [0.2, 0.25) is 0 Å². The maximum atomic E-state index is 12.4. The van der Waals surface area contributed by atoms with Crippen molar-refractivity contribution < 1.29 is 4.79 Å². The fourth-order valence-corrected chi connectivity index (χ4v) is 2.33. The number of hydrogen-bond acceptors (Lipinski definition) is 2. The summed E-state index contributed by atoms with van der Waals surface area (Å²) in [6, 6.07) is 16.2. The van der Waals surface area contributed by atoms with E-state index in [-0.39, 0.29) is 5.78 Å². The highest BCUT2D eigenvalue weighted by Crippen LogP contribution is 2.12. The lowest BCUT2D eigenvalue weighted by Gasteiger charge is -2.19. The van der Waals surface area contributed by atoms with Gasteiger partial charge in [-0.3, -0.25) is 9.69 Å². The molecule has 0 bridgehead atoms. The Hall–Kier alpha value is -1.93. The molecule has 0 fully saturated rings. The number of benzene rings is 2. The summed E-state index contributed by atoms with van der Waals surface area (Å²) in [7, 11) is 0. The van der Waals surface area contributed by atoms with Gasteiger partial charge >= 0.3 is 0 Å². The molecule has 0 saturated carbocycles. The van der Waals surface area contributed by atoms with Crippen molar-refractivity contribution in [1.29, 1.82) is 0 Å². The van der Waals surface area contributed by atoms with E-state index in [9.17, 15) is 4.79 Å². The first-order valence-corrected chi connectivity index (χ1v) is 7.47. The predicted molar refractivity (Wildman–Crippen MR) is 87.6 cm³/mol. The van der Waals surface area contributed by atoms with E-state index in [1.54, 1.807) is 0 Å². The van der Waals surface area contributed by atoms with Crippen LogP contribution in [0.3, 0.4) is 0 Å². The van der Waals surface area contributed by atoms with Crippen molar-refractivity contribution in [3.63, 3.8) is 0 Å². The van der Waals surface area contributed by atoms with Crippen molar-refractivity contribution in [1.82, 2.24) is 4.90 Å². The molecule has 0 aromatic heterocycles. The van der Waals surface area contributed by atoms with E-state index < -0.39 is 0 Å². The number of carbonyl (C=O) groups excluding carboxylic acids is 1. The lowest BCUT2D eigenvalue weighted by molar-refractivity contribution is 0.0929. The second-order valence-electron chi connectivity index (χ2n) is 5.51. The van der Waals surface area contributed by atoms with E-state index in [0.29, 0.717) is 6.54 Å². The van der Waals surface area contributed by atoms with Crippen molar-refractivity contribution >= 4 is 5.78 Å². The fraction of sp³-hybridized carbons (Fsp3) is 0.316. The maximum absolute atomic E-state index is 12.4. The molecule has 0 heterocycles. The third kappa shape index (κ3) is 4.27. The zero-order valence-corrected chi connectivity index (χ0v) is 13.1. The number of hydrogen-bond donors (Lipinski definition) is 0. The van der Waals surface area contributed by atoms with Gasteiger partial charge in [0.1, 0.15) is 0 Å². The van der Waals surface area contributed by atoms with Crippen molar-refractivity contribution in [3.8, 4) is 0 Å². The van der Waals surface area contributed by atoms with Crippen LogP contribution in [0.25, 0.3) is 0 Å². The zero-order valence-electron chi connectivity index (χ0n) is 13.1. The largest absolute Gasteiger partial charge is 0.293 e. The molecule has 21 heavy (non-hydrogen) atoms. The predicted octanol–water partition coefficient (Wildman–Crippen LogP) is 4.01. The van der Waals surface area contributed by atoms with Gasteiger partial charge in [-0.15, -0.1) is 0 Å². The monoisotopic (exact) mass is 281 g/mol. The average Bonchev–Trinajstić information content (AvgIpc) is 2.50. The lowest BCUT2D eigenvalue weighted by Crippen LogP contribution is -2.29. The first-order valence-electron chi connectivity index (χ1n) is 7.47. The SMILES string of the molecule is CCN(CC(=O)c1ccc(C)c(C)c1)Cc1ccccc1. The fourth-order valence-electron chi connectivity index (χ4n) is 2.33. The first-order chi connectivity index (χ1) is 10.1. The highest BCUT2D eigenvalue weighted by Gasteiger charge is 2.12. The molecule has 110 valence electrons. The Balaban J connectivity index is 2.04. The lowest BCUT2D eigenvalue weighted by atomic mass is 10.0. The van der Waals surface area contributed by atoms with E-state index >= 15 is 0 Å². The van der Waals surface area contributed by atoms with Gasteiger partial charge in [-0.1, -0.05) is 49.4 Å². The van der Waals surface area contributed by atoms with Crippen LogP contribution in [0.15, 0.2) is 48.5 Å². The number of likely N-dealkylation sites (N-methyl/N-ethyl adjacent to an activating group) is 1. The summed E-state index contributed by atoms with van der Waals surface area (Å²) in [4.78, 5) is 14.6. The maximum Gasteiger partial charge on any atom is 0.176 e. The molecule has 2 rings (SSSR count). The van der Waals surface area contributed by atoms with Gasteiger partial charge in [0.25, 0.3) is 0 Å². The molecule has 0 atom stereocenters. The van der Waals surface area contributed by atoms with E-state index in [0.717, 1.165) is 18.7 Å². The number of Topliss-reactive ketones (excluding diaryl/α,β-unsaturated/α-hetero) is 1. The molecule has 0 radical (unpaired) electrons. The molecule has 0 spiro atoms. The molecule has 0 amide bonds. The molecule has 0 aliphatic heterocycles. The minimum atomic E-state index is 0.191. The topological polar surface area (TPSA) is 20.3 Å². The van der Waals surface area contributed by atoms with Gasteiger partial charge in [0.15, 0.2) is 5.78 Å². The summed E-state index contributed by atoms with van der Waals surface area (Å²) < 4.78 is 0. The molecule has 0 unspecified atom stereocenters. The Morgan fingerprint density at radius 3 is 2.33 bits per heavy atom. The number of aryl methyl sites for hydroxylation is 2. The van der Waals surface area contributed by atoms with Gasteiger partial charge in [0.05, 0.1) is 6.54 Å². The first kappa shape index (κ1) is 15.5. The van der Waals surface area contributed by atoms with Gasteiger partial charge in [0, 0.05) is 12.1 Å². The van der Waals surface area contributed by atoms with Crippen LogP contribution in [0.5, 0.6) is 0 Å². The highest BCUT2D eigenvalue weighted by molar-refractivity contribution is 5.97. The second-order valence-corrected chi connectivity index (χ2v) is 5.51. The number of nitrogens with zero attached hydrogens (tertiary/aromatic N) is 1. The molecule has 2 heteroatoms. The van der Waals surface area contributed by atoms with Crippen LogP contribution in [0.4, 0.5) is 0 Å². The molecule has 0 aliphatic carbocycles. The number of ketones is 1. The Labute approximate surface area is 127 Å². The minimum Gasteiger partial charge on any atom is -0.293 e. The molecule has 0 N–H and O–H groups in total. The summed E-state index contributed by atoms with van der Waals surface area (Å²) in [5, 5.41) is 0. The van der Waals surface area contributed by atoms with Crippen LogP contribution >= 0.6 is 0 Å². The Morgan fingerprint density at radius 2 is 1.71 bits per heavy atom. The summed E-state index contributed by atoms with van der Waals surface area (Å²) in [5.41, 5.74) is 4.45. The third-order valence-corrected chi connectivity index (χ3v) is 3.89. The van der Waals surface area contributed by atoms with Gasteiger partial charge in [-0.25, -0.2) is 0 Å². The summed E-state index contributed by atoms with van der Waals surface area (Å²) in [5.74, 6) is 0.191. The molecular formula is C19H23NO. The van der Waals surface area contributed by atoms with Gasteiger partial charge in [0.2, 0.25) is 0 Å². The van der Waals surface area contributed by atoms with E-state index in [2.05, 4.69) is 30.9 Å². The molecule has 0 saturated heterocycles. The average molecular weight is 281 g/mol. The smallest absolute Gasteiger partial charge is 0.176 e. The summed E-state index contributed by atoms with van der Waals surface area (Å²) in [6.07, 6.45) is 0. The Kier molecular flexibility index (Phi) is 5.29. The van der Waals surface area contributed by atoms with Crippen LogP contribution in [0.1, 0.15) is 34.0 Å². The molecule has 2 aromatic rings. The van der Waals surface area contributed by atoms with Crippen LogP contribution < -0.4 is 0 Å². The summed E-state index contributed by atoms with van der Waals surface area (Å²) in [6.45, 7) is 8.36. The van der Waals surface area contributed by atoms with Crippen LogP contribution in [-0.4, -0.2) is 23.8 Å². The van der Waals surface area contributed by atoms with E-state index in [4.69, 9.17) is 0 Å². The van der Waals surface area contributed by atoms with Crippen molar-refractivity contribution in [2.24, 2.45) is 0 Å². The van der Waals surface area contributed by atoms with Gasteiger partial charge in [-0.2, -0.15) is 0 Å². The van der Waals surface area contributed by atoms with Crippen LogP contribution in [-0.2, 0) is 6.54 Å². The Bertz CT molecular complexity index is 604. The van der Waals surface area contributed by atoms with Gasteiger partial charge < -0.3 is 0 Å². The standard InChI is InChI=1S/C19H23NO/c1-4-20(13-17-8-6-5-7-9-17)14-19(21)18-11-10-15(2)16(3)12-18/h5-12H,4,13-14H2,1-3H3. The number of carbonyl (C=O) groups is 1. The van der Waals surface area contributed by atoms with Gasteiger partial charge in [-0.05, 0) is 43.1 Å². The molecule has 2 nitrogen and oxygen atoms in total.